The molecule has 1 aromatic heterocycles. The quantitative estimate of drug-likeness (QED) is 0.707. The standard InChI is InChI=1S/C19H19FN4/c1-12-8-9-16(13(2)10-12)23-19-21-14(3)11-18(24-19)22-17-7-5-4-6-15(17)20/h4-11H,1-3H3,(H2,21,22,23,24). The van der Waals surface area contributed by atoms with E-state index in [2.05, 4.69) is 33.6 Å². The van der Waals surface area contributed by atoms with E-state index in [-0.39, 0.29) is 5.82 Å². The molecule has 5 heteroatoms. The van der Waals surface area contributed by atoms with Crippen LogP contribution in [-0.2, 0) is 0 Å². The van der Waals surface area contributed by atoms with Gasteiger partial charge in [0.2, 0.25) is 5.95 Å². The van der Waals surface area contributed by atoms with Crippen molar-refractivity contribution in [2.75, 3.05) is 10.6 Å². The number of aryl methyl sites for hydroxylation is 3. The fraction of sp³-hybridized carbons (Fsp3) is 0.158. The zero-order valence-corrected chi connectivity index (χ0v) is 13.9. The molecule has 0 saturated carbocycles. The largest absolute Gasteiger partial charge is 0.338 e. The van der Waals surface area contributed by atoms with Crippen molar-refractivity contribution in [1.82, 2.24) is 9.97 Å². The zero-order valence-electron chi connectivity index (χ0n) is 13.9. The first-order valence-electron chi connectivity index (χ1n) is 7.73. The third-order valence-electron chi connectivity index (χ3n) is 3.62. The predicted octanol–water partition coefficient (Wildman–Crippen LogP) is 5.03. The van der Waals surface area contributed by atoms with Crippen molar-refractivity contribution in [2.45, 2.75) is 20.8 Å². The first-order valence-corrected chi connectivity index (χ1v) is 7.73. The number of anilines is 4. The van der Waals surface area contributed by atoms with E-state index in [1.165, 1.54) is 11.6 Å². The van der Waals surface area contributed by atoms with Crippen molar-refractivity contribution in [3.05, 3.63) is 71.2 Å². The van der Waals surface area contributed by atoms with Crippen LogP contribution >= 0.6 is 0 Å². The molecule has 1 heterocycles. The number of nitrogens with one attached hydrogen (secondary N) is 2. The monoisotopic (exact) mass is 322 g/mol. The van der Waals surface area contributed by atoms with Crippen LogP contribution in [0.3, 0.4) is 0 Å². The lowest BCUT2D eigenvalue weighted by molar-refractivity contribution is 0.632. The highest BCUT2D eigenvalue weighted by Crippen LogP contribution is 2.23. The van der Waals surface area contributed by atoms with Crippen LogP contribution in [0.5, 0.6) is 0 Å². The summed E-state index contributed by atoms with van der Waals surface area (Å²) in [4.78, 5) is 8.83. The van der Waals surface area contributed by atoms with Crippen LogP contribution in [0.1, 0.15) is 16.8 Å². The van der Waals surface area contributed by atoms with E-state index in [0.717, 1.165) is 16.9 Å². The van der Waals surface area contributed by atoms with E-state index < -0.39 is 0 Å². The molecule has 24 heavy (non-hydrogen) atoms. The summed E-state index contributed by atoms with van der Waals surface area (Å²) in [6.45, 7) is 5.96. The van der Waals surface area contributed by atoms with Gasteiger partial charge in [-0.3, -0.25) is 0 Å². The van der Waals surface area contributed by atoms with E-state index in [4.69, 9.17) is 0 Å². The Balaban J connectivity index is 1.87. The van der Waals surface area contributed by atoms with E-state index in [1.54, 1.807) is 24.3 Å². The maximum Gasteiger partial charge on any atom is 0.229 e. The SMILES string of the molecule is Cc1ccc(Nc2nc(C)cc(Nc3ccccc3F)n2)c(C)c1. The predicted molar refractivity (Wildman–Crippen MR) is 95.7 cm³/mol. The van der Waals surface area contributed by atoms with Gasteiger partial charge in [-0.2, -0.15) is 4.98 Å². The summed E-state index contributed by atoms with van der Waals surface area (Å²) in [6, 6.07) is 14.4. The van der Waals surface area contributed by atoms with Crippen molar-refractivity contribution in [3.8, 4) is 0 Å². The zero-order chi connectivity index (χ0) is 17.1. The topological polar surface area (TPSA) is 49.8 Å². The Morgan fingerprint density at radius 2 is 1.62 bits per heavy atom. The van der Waals surface area contributed by atoms with E-state index in [9.17, 15) is 4.39 Å². The summed E-state index contributed by atoms with van der Waals surface area (Å²) in [6.07, 6.45) is 0. The maximum atomic E-state index is 13.8. The minimum Gasteiger partial charge on any atom is -0.338 e. The van der Waals surface area contributed by atoms with Crippen molar-refractivity contribution < 1.29 is 4.39 Å². The second-order valence-electron chi connectivity index (χ2n) is 5.77. The number of hydrogen-bond donors (Lipinski definition) is 2. The molecule has 0 unspecified atom stereocenters. The molecule has 2 aromatic carbocycles. The van der Waals surface area contributed by atoms with Gasteiger partial charge < -0.3 is 10.6 Å². The van der Waals surface area contributed by atoms with Crippen molar-refractivity contribution in [1.29, 1.82) is 0 Å². The van der Waals surface area contributed by atoms with Gasteiger partial charge in [-0.1, -0.05) is 29.8 Å². The fourth-order valence-electron chi connectivity index (χ4n) is 2.46. The first kappa shape index (κ1) is 15.9. The smallest absolute Gasteiger partial charge is 0.229 e. The summed E-state index contributed by atoms with van der Waals surface area (Å²) in [7, 11) is 0. The molecule has 0 aliphatic heterocycles. The summed E-state index contributed by atoms with van der Waals surface area (Å²) < 4.78 is 13.8. The molecule has 122 valence electrons. The van der Waals surface area contributed by atoms with Gasteiger partial charge in [-0.25, -0.2) is 9.37 Å². The van der Waals surface area contributed by atoms with Gasteiger partial charge in [0.05, 0.1) is 5.69 Å². The molecule has 0 saturated heterocycles. The number of benzene rings is 2. The van der Waals surface area contributed by atoms with Gasteiger partial charge in [-0.15, -0.1) is 0 Å². The molecule has 0 bridgehead atoms. The Morgan fingerprint density at radius 3 is 2.38 bits per heavy atom. The molecule has 0 fully saturated rings. The molecule has 0 aliphatic carbocycles. The van der Waals surface area contributed by atoms with Crippen LogP contribution in [0.25, 0.3) is 0 Å². The average molecular weight is 322 g/mol. The Bertz CT molecular complexity index is 877. The van der Waals surface area contributed by atoms with Crippen LogP contribution in [0, 0.1) is 26.6 Å². The average Bonchev–Trinajstić information content (AvgIpc) is 2.52. The lowest BCUT2D eigenvalue weighted by Crippen LogP contribution is -2.04. The molecule has 3 aromatic rings. The van der Waals surface area contributed by atoms with Crippen molar-refractivity contribution in [3.63, 3.8) is 0 Å². The van der Waals surface area contributed by atoms with Crippen LogP contribution in [0.4, 0.5) is 27.5 Å². The van der Waals surface area contributed by atoms with Crippen LogP contribution < -0.4 is 10.6 Å². The van der Waals surface area contributed by atoms with E-state index in [1.807, 2.05) is 26.0 Å². The van der Waals surface area contributed by atoms with Gasteiger partial charge in [0.25, 0.3) is 0 Å². The summed E-state index contributed by atoms with van der Waals surface area (Å²) in [5.41, 5.74) is 4.43. The molecule has 0 spiro atoms. The Hall–Kier alpha value is -2.95. The van der Waals surface area contributed by atoms with Crippen LogP contribution in [0.15, 0.2) is 48.5 Å². The van der Waals surface area contributed by atoms with Crippen LogP contribution in [0.2, 0.25) is 0 Å². The molecule has 0 atom stereocenters. The summed E-state index contributed by atoms with van der Waals surface area (Å²) in [5.74, 6) is 0.693. The number of nitrogens with zero attached hydrogens (tertiary/aromatic N) is 2. The van der Waals surface area contributed by atoms with Gasteiger partial charge in [-0.05, 0) is 44.5 Å². The Kier molecular flexibility index (Phi) is 4.42. The summed E-state index contributed by atoms with van der Waals surface area (Å²) >= 11 is 0. The highest BCUT2D eigenvalue weighted by Gasteiger charge is 2.07. The second-order valence-corrected chi connectivity index (χ2v) is 5.77. The number of aromatic nitrogens is 2. The number of halogens is 1. The summed E-state index contributed by atoms with van der Waals surface area (Å²) in [5, 5.41) is 6.22. The number of rotatable bonds is 4. The minimum atomic E-state index is -0.322. The normalized spacial score (nSPS) is 10.5. The van der Waals surface area contributed by atoms with Crippen LogP contribution in [-0.4, -0.2) is 9.97 Å². The van der Waals surface area contributed by atoms with E-state index in [0.29, 0.717) is 17.5 Å². The molecule has 2 N–H and O–H groups in total. The van der Waals surface area contributed by atoms with E-state index >= 15 is 0 Å². The molecular weight excluding hydrogens is 303 g/mol. The van der Waals surface area contributed by atoms with Crippen molar-refractivity contribution in [2.24, 2.45) is 0 Å². The van der Waals surface area contributed by atoms with Gasteiger partial charge >= 0.3 is 0 Å². The molecule has 0 aliphatic rings. The molecular formula is C19H19FN4. The highest BCUT2D eigenvalue weighted by atomic mass is 19.1. The van der Waals surface area contributed by atoms with Gasteiger partial charge in [0, 0.05) is 17.4 Å². The number of hydrogen-bond acceptors (Lipinski definition) is 4. The third-order valence-corrected chi connectivity index (χ3v) is 3.62. The first-order chi connectivity index (χ1) is 11.5. The fourth-order valence-corrected chi connectivity index (χ4v) is 2.46. The molecule has 0 amide bonds. The van der Waals surface area contributed by atoms with Gasteiger partial charge in [0.1, 0.15) is 11.6 Å². The minimum absolute atomic E-state index is 0.322. The number of para-hydroxylation sites is 1. The van der Waals surface area contributed by atoms with Gasteiger partial charge in [0.15, 0.2) is 0 Å². The Morgan fingerprint density at radius 1 is 0.833 bits per heavy atom. The highest BCUT2D eigenvalue weighted by molar-refractivity contribution is 5.62. The Labute approximate surface area is 140 Å². The second kappa shape index (κ2) is 6.66. The third kappa shape index (κ3) is 3.68. The molecule has 0 radical (unpaired) electrons. The molecule has 4 nitrogen and oxygen atoms in total. The maximum absolute atomic E-state index is 13.8. The lowest BCUT2D eigenvalue weighted by atomic mass is 10.1. The van der Waals surface area contributed by atoms with Crippen molar-refractivity contribution >= 4 is 23.1 Å². The lowest BCUT2D eigenvalue weighted by Gasteiger charge is -2.12. The molecule has 3 rings (SSSR count).